The van der Waals surface area contributed by atoms with E-state index in [1.54, 1.807) is 0 Å². The lowest BCUT2D eigenvalue weighted by Crippen LogP contribution is -2.08. The second kappa shape index (κ2) is 6.99. The minimum atomic E-state index is -4.49. The van der Waals surface area contributed by atoms with Gasteiger partial charge in [-0.3, -0.25) is 5.10 Å². The van der Waals surface area contributed by atoms with Gasteiger partial charge in [0.15, 0.2) is 16.8 Å². The smallest absolute Gasteiger partial charge is 0.300 e. The lowest BCUT2D eigenvalue weighted by Gasteiger charge is -2.10. The summed E-state index contributed by atoms with van der Waals surface area (Å²) in [6.07, 6.45) is -0.733. The van der Waals surface area contributed by atoms with E-state index >= 15 is 0 Å². The Hall–Kier alpha value is -3.21. The first-order valence-electron chi connectivity index (χ1n) is 8.45. The number of fused-ring (bicyclic) bond motifs is 1. The summed E-state index contributed by atoms with van der Waals surface area (Å²) in [5.41, 5.74) is 2.26. The number of anilines is 1. The van der Waals surface area contributed by atoms with Gasteiger partial charge in [-0.2, -0.15) is 23.4 Å². The second-order valence-electron chi connectivity index (χ2n) is 6.39. The molecule has 150 valence electrons. The molecule has 4 aromatic rings. The first-order chi connectivity index (χ1) is 13.7. The fraction of sp³-hybridized carbons (Fsp3) is 0.167. The van der Waals surface area contributed by atoms with Gasteiger partial charge < -0.3 is 4.72 Å². The zero-order valence-corrected chi connectivity index (χ0v) is 16.1. The second-order valence-corrected chi connectivity index (χ2v) is 7.61. The summed E-state index contributed by atoms with van der Waals surface area (Å²) in [6.45, 7) is 3.74. The highest BCUT2D eigenvalue weighted by Gasteiger charge is 2.31. The van der Waals surface area contributed by atoms with Crippen molar-refractivity contribution in [3.05, 3.63) is 59.7 Å². The first kappa shape index (κ1) is 19.1. The SMILES string of the molecule is Cc1ccc2n[nH]c(C)c2c1NS(=O)c1cnn(-c2cc(C(F)(F)F)ccn2)c1. The molecule has 0 spiro atoms. The molecule has 0 bridgehead atoms. The number of nitrogens with one attached hydrogen (secondary N) is 2. The van der Waals surface area contributed by atoms with E-state index in [2.05, 4.69) is 25.0 Å². The average Bonchev–Trinajstić information content (AvgIpc) is 3.31. The quantitative estimate of drug-likeness (QED) is 0.524. The molecule has 0 saturated heterocycles. The summed E-state index contributed by atoms with van der Waals surface area (Å²) in [4.78, 5) is 4.20. The van der Waals surface area contributed by atoms with Crippen LogP contribution >= 0.6 is 0 Å². The van der Waals surface area contributed by atoms with Gasteiger partial charge in [0.25, 0.3) is 0 Å². The minimum Gasteiger partial charge on any atom is -0.300 e. The third kappa shape index (κ3) is 3.60. The number of pyridine rings is 1. The van der Waals surface area contributed by atoms with Crippen molar-refractivity contribution in [1.82, 2.24) is 25.0 Å². The van der Waals surface area contributed by atoms with Gasteiger partial charge >= 0.3 is 6.18 Å². The molecule has 7 nitrogen and oxygen atoms in total. The van der Waals surface area contributed by atoms with Crippen LogP contribution in [0.2, 0.25) is 0 Å². The predicted molar refractivity (Wildman–Crippen MR) is 102 cm³/mol. The van der Waals surface area contributed by atoms with E-state index in [1.807, 2.05) is 26.0 Å². The third-order valence-corrected chi connectivity index (χ3v) is 5.41. The summed E-state index contributed by atoms with van der Waals surface area (Å²) in [7, 11) is -1.69. The standard InChI is InChI=1S/C18H15F3N6OS/c1-10-3-4-14-16(11(2)24-25-14)17(10)26-29(28)13-8-23-27(9-13)15-7-12(5-6-22-15)18(19,20)21/h3-9,26H,1-2H3,(H,24,25). The molecule has 2 N–H and O–H groups in total. The van der Waals surface area contributed by atoms with Crippen molar-refractivity contribution < 1.29 is 17.4 Å². The van der Waals surface area contributed by atoms with Crippen LogP contribution in [0.15, 0.2) is 47.8 Å². The highest BCUT2D eigenvalue weighted by atomic mass is 32.2. The van der Waals surface area contributed by atoms with Crippen LogP contribution < -0.4 is 4.72 Å². The van der Waals surface area contributed by atoms with Crippen LogP contribution in [0.25, 0.3) is 16.7 Å². The predicted octanol–water partition coefficient (Wildman–Crippen LogP) is 3.91. The van der Waals surface area contributed by atoms with Crippen molar-refractivity contribution >= 4 is 27.6 Å². The Morgan fingerprint density at radius 2 is 2.00 bits per heavy atom. The fourth-order valence-electron chi connectivity index (χ4n) is 2.90. The van der Waals surface area contributed by atoms with E-state index < -0.39 is 22.7 Å². The van der Waals surface area contributed by atoms with E-state index in [1.165, 1.54) is 12.4 Å². The highest BCUT2D eigenvalue weighted by molar-refractivity contribution is 7.86. The van der Waals surface area contributed by atoms with Crippen molar-refractivity contribution in [2.75, 3.05) is 4.72 Å². The van der Waals surface area contributed by atoms with E-state index in [0.717, 1.165) is 45.2 Å². The van der Waals surface area contributed by atoms with Gasteiger partial charge in [-0.1, -0.05) is 6.07 Å². The summed E-state index contributed by atoms with van der Waals surface area (Å²) in [5, 5.41) is 11.9. The van der Waals surface area contributed by atoms with Crippen LogP contribution in [0.5, 0.6) is 0 Å². The maximum absolute atomic E-state index is 12.9. The summed E-state index contributed by atoms with van der Waals surface area (Å²) >= 11 is 0. The van der Waals surface area contributed by atoms with E-state index in [-0.39, 0.29) is 5.82 Å². The average molecular weight is 420 g/mol. The molecule has 4 rings (SSSR count). The Labute approximate surface area is 165 Å². The number of halogens is 3. The number of benzene rings is 1. The van der Waals surface area contributed by atoms with E-state index in [9.17, 15) is 17.4 Å². The molecule has 29 heavy (non-hydrogen) atoms. The summed E-state index contributed by atoms with van der Waals surface area (Å²) in [6, 6.07) is 5.48. The van der Waals surface area contributed by atoms with Gasteiger partial charge in [-0.25, -0.2) is 13.9 Å². The normalized spacial score (nSPS) is 13.0. The monoisotopic (exact) mass is 420 g/mol. The number of hydrogen-bond donors (Lipinski definition) is 2. The van der Waals surface area contributed by atoms with Crippen molar-refractivity contribution in [2.24, 2.45) is 0 Å². The number of hydrogen-bond acceptors (Lipinski definition) is 4. The van der Waals surface area contributed by atoms with Gasteiger partial charge in [0.2, 0.25) is 0 Å². The molecule has 0 aliphatic carbocycles. The van der Waals surface area contributed by atoms with Crippen LogP contribution in [0.1, 0.15) is 16.8 Å². The Kier molecular flexibility index (Phi) is 4.61. The Bertz CT molecular complexity index is 1230. The van der Waals surface area contributed by atoms with Crippen LogP contribution in [-0.2, 0) is 17.2 Å². The van der Waals surface area contributed by atoms with Crippen molar-refractivity contribution in [2.45, 2.75) is 24.9 Å². The molecular weight excluding hydrogens is 405 g/mol. The highest BCUT2D eigenvalue weighted by Crippen LogP contribution is 2.31. The minimum absolute atomic E-state index is 0.0213. The molecule has 0 aliphatic rings. The number of aryl methyl sites for hydroxylation is 2. The summed E-state index contributed by atoms with van der Waals surface area (Å²) in [5.74, 6) is -0.0213. The number of nitrogens with zero attached hydrogens (tertiary/aromatic N) is 4. The van der Waals surface area contributed by atoms with Crippen LogP contribution in [0, 0.1) is 13.8 Å². The van der Waals surface area contributed by atoms with Gasteiger partial charge in [0.05, 0.1) is 34.1 Å². The molecule has 1 aromatic carbocycles. The van der Waals surface area contributed by atoms with Crippen LogP contribution in [-0.4, -0.2) is 29.2 Å². The van der Waals surface area contributed by atoms with Gasteiger partial charge in [0.1, 0.15) is 0 Å². The molecule has 3 aromatic heterocycles. The molecule has 0 aliphatic heterocycles. The zero-order valence-electron chi connectivity index (χ0n) is 15.3. The van der Waals surface area contributed by atoms with Crippen molar-refractivity contribution in [1.29, 1.82) is 0 Å². The van der Waals surface area contributed by atoms with Crippen LogP contribution in [0.3, 0.4) is 0 Å². The number of aromatic nitrogens is 5. The van der Waals surface area contributed by atoms with Crippen molar-refractivity contribution in [3.8, 4) is 5.82 Å². The zero-order chi connectivity index (χ0) is 20.8. The first-order valence-corrected chi connectivity index (χ1v) is 9.60. The topological polar surface area (TPSA) is 88.5 Å². The molecule has 0 fully saturated rings. The summed E-state index contributed by atoms with van der Waals surface area (Å²) < 4.78 is 55.7. The maximum Gasteiger partial charge on any atom is 0.416 e. The molecule has 1 unspecified atom stereocenters. The lowest BCUT2D eigenvalue weighted by atomic mass is 10.1. The maximum atomic E-state index is 12.9. The molecule has 0 saturated carbocycles. The number of alkyl halides is 3. The number of H-pyrrole nitrogens is 1. The van der Waals surface area contributed by atoms with Gasteiger partial charge in [-0.15, -0.1) is 0 Å². The van der Waals surface area contributed by atoms with Crippen LogP contribution in [0.4, 0.5) is 18.9 Å². The van der Waals surface area contributed by atoms with Crippen molar-refractivity contribution in [3.63, 3.8) is 0 Å². The van der Waals surface area contributed by atoms with Gasteiger partial charge in [-0.05, 0) is 37.6 Å². The Morgan fingerprint density at radius 3 is 2.76 bits per heavy atom. The fourth-order valence-corrected chi connectivity index (χ4v) is 3.80. The molecule has 11 heteroatoms. The third-order valence-electron chi connectivity index (χ3n) is 4.39. The number of rotatable bonds is 4. The van der Waals surface area contributed by atoms with Gasteiger partial charge in [0, 0.05) is 17.3 Å². The lowest BCUT2D eigenvalue weighted by molar-refractivity contribution is -0.137. The molecule has 3 heterocycles. The molecular formula is C18H15F3N6OS. The largest absolute Gasteiger partial charge is 0.416 e. The molecule has 1 atom stereocenters. The number of aromatic amines is 1. The van der Waals surface area contributed by atoms with E-state index in [0.29, 0.717) is 10.6 Å². The Morgan fingerprint density at radius 1 is 1.21 bits per heavy atom. The Balaban J connectivity index is 1.64. The molecule has 0 radical (unpaired) electrons. The van der Waals surface area contributed by atoms with E-state index in [4.69, 9.17) is 0 Å². The molecule has 0 amide bonds.